The zero-order valence-electron chi connectivity index (χ0n) is 14.0. The van der Waals surface area contributed by atoms with E-state index >= 15 is 0 Å². The lowest BCUT2D eigenvalue weighted by atomic mass is 9.83. The molecule has 0 N–H and O–H groups in total. The number of nitriles is 4. The van der Waals surface area contributed by atoms with Gasteiger partial charge in [-0.25, -0.2) is 0 Å². The maximum absolute atomic E-state index is 9.44. The SMILES string of the molecule is CC#Cc1ccc(C(=C(C#N)C#N)C(=C(C#N)C#N)C2C=CC=C2)cc1. The molecule has 0 spiro atoms. The van der Waals surface area contributed by atoms with Gasteiger partial charge in [0.2, 0.25) is 0 Å². The second kappa shape index (κ2) is 8.52. The Morgan fingerprint density at radius 3 is 1.81 bits per heavy atom. The Bertz CT molecular complexity index is 1030. The molecule has 0 aliphatic heterocycles. The molecule has 0 bridgehead atoms. The Kier molecular flexibility index (Phi) is 5.92. The number of benzene rings is 1. The van der Waals surface area contributed by atoms with Crippen LogP contribution in [0.4, 0.5) is 0 Å². The normalized spacial score (nSPS) is 11.1. The monoisotopic (exact) mass is 332 g/mol. The van der Waals surface area contributed by atoms with Gasteiger partial charge in [0.1, 0.15) is 35.4 Å². The molecule has 120 valence electrons. The van der Waals surface area contributed by atoms with E-state index in [4.69, 9.17) is 0 Å². The Morgan fingerprint density at radius 1 is 0.808 bits per heavy atom. The summed E-state index contributed by atoms with van der Waals surface area (Å²) in [5.74, 6) is 5.37. The van der Waals surface area contributed by atoms with Crippen LogP contribution < -0.4 is 0 Å². The van der Waals surface area contributed by atoms with Gasteiger partial charge < -0.3 is 0 Å². The van der Waals surface area contributed by atoms with Crippen LogP contribution in [-0.4, -0.2) is 0 Å². The van der Waals surface area contributed by atoms with Crippen molar-refractivity contribution in [2.75, 3.05) is 0 Å². The van der Waals surface area contributed by atoms with Crippen LogP contribution in [-0.2, 0) is 0 Å². The molecule has 0 fully saturated rings. The smallest absolute Gasteiger partial charge is 0.137 e. The van der Waals surface area contributed by atoms with Crippen molar-refractivity contribution in [3.63, 3.8) is 0 Å². The maximum atomic E-state index is 9.44. The first-order valence-corrected chi connectivity index (χ1v) is 7.67. The first kappa shape index (κ1) is 18.0. The summed E-state index contributed by atoms with van der Waals surface area (Å²) in [6, 6.07) is 14.6. The van der Waals surface area contributed by atoms with Crippen molar-refractivity contribution < 1.29 is 0 Å². The van der Waals surface area contributed by atoms with E-state index in [1.807, 2.05) is 36.4 Å². The molecule has 1 aromatic rings. The zero-order valence-corrected chi connectivity index (χ0v) is 14.0. The van der Waals surface area contributed by atoms with E-state index in [1.165, 1.54) is 0 Å². The Labute approximate surface area is 152 Å². The van der Waals surface area contributed by atoms with Gasteiger partial charge in [0.25, 0.3) is 0 Å². The predicted octanol–water partition coefficient (Wildman–Crippen LogP) is 3.94. The molecular weight excluding hydrogens is 320 g/mol. The van der Waals surface area contributed by atoms with Crippen LogP contribution in [0.25, 0.3) is 5.57 Å². The fourth-order valence-electron chi connectivity index (χ4n) is 2.66. The number of allylic oxidation sites excluding steroid dienone is 8. The van der Waals surface area contributed by atoms with Gasteiger partial charge in [-0.1, -0.05) is 42.4 Å². The van der Waals surface area contributed by atoms with Crippen LogP contribution >= 0.6 is 0 Å². The van der Waals surface area contributed by atoms with E-state index < -0.39 is 0 Å². The second-order valence-corrected chi connectivity index (χ2v) is 5.23. The molecule has 26 heavy (non-hydrogen) atoms. The molecule has 1 aliphatic carbocycles. The fraction of sp³-hybridized carbons (Fsp3) is 0.0909. The van der Waals surface area contributed by atoms with Gasteiger partial charge in [-0.3, -0.25) is 0 Å². The lowest BCUT2D eigenvalue weighted by Crippen LogP contribution is -2.05. The first-order valence-electron chi connectivity index (χ1n) is 7.67. The maximum Gasteiger partial charge on any atom is 0.137 e. The van der Waals surface area contributed by atoms with Crippen molar-refractivity contribution in [2.24, 2.45) is 5.92 Å². The molecule has 2 rings (SSSR count). The van der Waals surface area contributed by atoms with Crippen molar-refractivity contribution in [2.45, 2.75) is 6.92 Å². The third-order valence-corrected chi connectivity index (χ3v) is 3.76. The molecule has 0 heterocycles. The minimum absolute atomic E-state index is 0.123. The minimum atomic E-state index is -0.355. The second-order valence-electron chi connectivity index (χ2n) is 5.23. The number of hydrogen-bond donors (Lipinski definition) is 0. The van der Waals surface area contributed by atoms with E-state index in [2.05, 4.69) is 11.8 Å². The number of hydrogen-bond acceptors (Lipinski definition) is 4. The molecule has 4 heteroatoms. The molecule has 0 atom stereocenters. The van der Waals surface area contributed by atoms with Gasteiger partial charge in [0, 0.05) is 22.6 Å². The summed E-state index contributed by atoms with van der Waals surface area (Å²) < 4.78 is 0. The van der Waals surface area contributed by atoms with Crippen LogP contribution in [0.5, 0.6) is 0 Å². The molecular formula is C22H12N4. The zero-order chi connectivity index (χ0) is 18.9. The molecule has 4 nitrogen and oxygen atoms in total. The van der Waals surface area contributed by atoms with Gasteiger partial charge in [0.15, 0.2) is 0 Å². The lowest BCUT2D eigenvalue weighted by Gasteiger charge is -2.17. The van der Waals surface area contributed by atoms with Crippen molar-refractivity contribution in [1.82, 2.24) is 0 Å². The van der Waals surface area contributed by atoms with Crippen molar-refractivity contribution in [3.05, 3.63) is 76.4 Å². The standard InChI is InChI=1S/C22H12N4/c1-2-5-16-8-10-18(11-9-16)22(20(14-25)15-26)21(19(12-23)13-24)17-6-3-4-7-17/h3-4,6-11,17H,1H3. The summed E-state index contributed by atoms with van der Waals surface area (Å²) in [5, 5.41) is 37.7. The molecule has 1 aliphatic rings. The average Bonchev–Trinajstić information content (AvgIpc) is 3.20. The van der Waals surface area contributed by atoms with Gasteiger partial charge in [-0.15, -0.1) is 5.92 Å². The molecule has 1 aromatic carbocycles. The summed E-state index contributed by atoms with van der Waals surface area (Å²) in [6.07, 6.45) is 7.22. The first-order chi connectivity index (χ1) is 12.7. The summed E-state index contributed by atoms with van der Waals surface area (Å²) in [6.45, 7) is 1.73. The van der Waals surface area contributed by atoms with E-state index in [-0.39, 0.29) is 17.1 Å². The van der Waals surface area contributed by atoms with E-state index in [9.17, 15) is 21.0 Å². The molecule has 0 aromatic heterocycles. The third kappa shape index (κ3) is 3.61. The topological polar surface area (TPSA) is 95.2 Å². The van der Waals surface area contributed by atoms with Crippen LogP contribution in [0.1, 0.15) is 18.1 Å². The van der Waals surface area contributed by atoms with Gasteiger partial charge in [0.05, 0.1) is 0 Å². The quantitative estimate of drug-likeness (QED) is 0.476. The summed E-state index contributed by atoms with van der Waals surface area (Å²) in [4.78, 5) is 0. The predicted molar refractivity (Wildman–Crippen MR) is 97.2 cm³/mol. The molecule has 0 saturated carbocycles. The van der Waals surface area contributed by atoms with Gasteiger partial charge in [-0.05, 0) is 24.6 Å². The Hall–Kier alpha value is -4.30. The Morgan fingerprint density at radius 2 is 1.35 bits per heavy atom. The fourth-order valence-corrected chi connectivity index (χ4v) is 2.66. The van der Waals surface area contributed by atoms with E-state index in [0.717, 1.165) is 5.56 Å². The minimum Gasteiger partial charge on any atom is -0.192 e. The highest BCUT2D eigenvalue weighted by Crippen LogP contribution is 2.36. The average molecular weight is 332 g/mol. The lowest BCUT2D eigenvalue weighted by molar-refractivity contribution is 1.02. The van der Waals surface area contributed by atoms with Crippen LogP contribution in [0.3, 0.4) is 0 Å². The molecule has 0 unspecified atom stereocenters. The Balaban J connectivity index is 2.82. The number of nitrogens with zero attached hydrogens (tertiary/aromatic N) is 4. The number of rotatable bonds is 3. The van der Waals surface area contributed by atoms with Crippen LogP contribution in [0.2, 0.25) is 0 Å². The summed E-state index contributed by atoms with van der Waals surface area (Å²) in [5.41, 5.74) is 1.75. The summed E-state index contributed by atoms with van der Waals surface area (Å²) in [7, 11) is 0. The molecule has 0 amide bonds. The van der Waals surface area contributed by atoms with Crippen molar-refractivity contribution in [1.29, 1.82) is 21.0 Å². The van der Waals surface area contributed by atoms with Crippen LogP contribution in [0.15, 0.2) is 65.3 Å². The molecule has 0 radical (unpaired) electrons. The van der Waals surface area contributed by atoms with Gasteiger partial charge >= 0.3 is 0 Å². The highest BCUT2D eigenvalue weighted by molar-refractivity contribution is 5.89. The van der Waals surface area contributed by atoms with Crippen LogP contribution in [0, 0.1) is 63.1 Å². The summed E-state index contributed by atoms with van der Waals surface area (Å²) >= 11 is 0. The van der Waals surface area contributed by atoms with Crippen molar-refractivity contribution in [3.8, 4) is 36.1 Å². The largest absolute Gasteiger partial charge is 0.192 e. The van der Waals surface area contributed by atoms with E-state index in [0.29, 0.717) is 16.7 Å². The molecule has 0 saturated heterocycles. The van der Waals surface area contributed by atoms with Gasteiger partial charge in [-0.2, -0.15) is 21.0 Å². The van der Waals surface area contributed by atoms with E-state index in [1.54, 1.807) is 43.3 Å². The third-order valence-electron chi connectivity index (χ3n) is 3.76. The van der Waals surface area contributed by atoms with Crippen molar-refractivity contribution >= 4 is 5.57 Å². The highest BCUT2D eigenvalue weighted by atomic mass is 14.4. The highest BCUT2D eigenvalue weighted by Gasteiger charge is 2.24.